The maximum absolute atomic E-state index is 12.1. The molecule has 0 aliphatic carbocycles. The number of rotatable bonds is 17. The average molecular weight is 448 g/mol. The Morgan fingerprint density at radius 1 is 0.875 bits per heavy atom. The Labute approximate surface area is 196 Å². The number of carbonyl (C=O) groups is 1. The zero-order valence-electron chi connectivity index (χ0n) is 20.5. The van der Waals surface area contributed by atoms with E-state index in [-0.39, 0.29) is 6.09 Å². The summed E-state index contributed by atoms with van der Waals surface area (Å²) in [5.74, 6) is 0.799. The summed E-state index contributed by atoms with van der Waals surface area (Å²) in [5, 5.41) is 2.82. The van der Waals surface area contributed by atoms with Gasteiger partial charge in [0.2, 0.25) is 0 Å². The first-order valence-electron chi connectivity index (χ1n) is 13.3. The molecule has 1 aliphatic heterocycles. The number of piperidine rings is 1. The van der Waals surface area contributed by atoms with Gasteiger partial charge in [-0.3, -0.25) is 5.32 Å². The molecule has 5 nitrogen and oxygen atoms in total. The number of hydrogen-bond acceptors (Lipinski definition) is 3. The van der Waals surface area contributed by atoms with E-state index in [0.29, 0.717) is 6.61 Å². The third-order valence-electron chi connectivity index (χ3n) is 6.32. The van der Waals surface area contributed by atoms with Crippen molar-refractivity contribution in [3.63, 3.8) is 0 Å². The molecular weight excluding hydrogens is 400 g/mol. The molecule has 182 valence electrons. The maximum Gasteiger partial charge on any atom is 0.411 e. The molecule has 1 aromatic rings. The summed E-state index contributed by atoms with van der Waals surface area (Å²) < 4.78 is 11.2. The van der Waals surface area contributed by atoms with Crippen molar-refractivity contribution in [2.24, 2.45) is 0 Å². The predicted molar refractivity (Wildman–Crippen MR) is 133 cm³/mol. The van der Waals surface area contributed by atoms with Crippen molar-refractivity contribution in [3.05, 3.63) is 24.3 Å². The van der Waals surface area contributed by atoms with Gasteiger partial charge in [-0.25, -0.2) is 4.79 Å². The molecule has 1 fully saturated rings. The Morgan fingerprint density at radius 3 is 2.28 bits per heavy atom. The van der Waals surface area contributed by atoms with E-state index in [1.165, 1.54) is 90.1 Å². The van der Waals surface area contributed by atoms with Crippen LogP contribution in [0.2, 0.25) is 0 Å². The molecule has 1 aromatic carbocycles. The number of anilines is 1. The first-order valence-corrected chi connectivity index (χ1v) is 13.3. The minimum Gasteiger partial charge on any atom is -0.494 e. The quantitative estimate of drug-likeness (QED) is 0.288. The molecule has 0 bridgehead atoms. The summed E-state index contributed by atoms with van der Waals surface area (Å²) in [6, 6.07) is 7.58. The molecule has 1 saturated heterocycles. The summed E-state index contributed by atoms with van der Waals surface area (Å²) >= 11 is 0. The second kappa shape index (κ2) is 17.8. The van der Waals surface area contributed by atoms with Crippen molar-refractivity contribution in [1.29, 1.82) is 0 Å². The standard InChI is InChI=1S/C27H46N2O3/c1-2-3-4-5-6-7-8-9-10-14-22-31-26-18-15-17-25(24-26)28-27(30)32-23-16-21-29-19-12-11-13-20-29/h15,17-18,24H,2-14,16,19-23H2,1H3,(H,28,30)/p+1. The highest BCUT2D eigenvalue weighted by molar-refractivity contribution is 5.84. The molecule has 32 heavy (non-hydrogen) atoms. The third kappa shape index (κ3) is 12.9. The number of nitrogens with one attached hydrogen (secondary N) is 2. The molecule has 2 rings (SSSR count). The van der Waals surface area contributed by atoms with Gasteiger partial charge in [0.05, 0.1) is 32.8 Å². The van der Waals surface area contributed by atoms with Crippen molar-refractivity contribution in [2.45, 2.75) is 96.8 Å². The molecule has 0 spiro atoms. The number of amides is 1. The lowest BCUT2D eigenvalue weighted by Gasteiger charge is -2.23. The largest absolute Gasteiger partial charge is 0.494 e. The zero-order valence-corrected chi connectivity index (χ0v) is 20.5. The summed E-state index contributed by atoms with van der Waals surface area (Å²) in [7, 11) is 0. The van der Waals surface area contributed by atoms with Crippen LogP contribution in [0, 0.1) is 0 Å². The van der Waals surface area contributed by atoms with Crippen molar-refractivity contribution >= 4 is 11.8 Å². The van der Waals surface area contributed by atoms with Crippen LogP contribution in [0.15, 0.2) is 24.3 Å². The normalized spacial score (nSPS) is 14.3. The Hall–Kier alpha value is -1.75. The fourth-order valence-corrected chi connectivity index (χ4v) is 4.39. The number of ether oxygens (including phenoxy) is 2. The molecule has 1 aliphatic rings. The van der Waals surface area contributed by atoms with Crippen LogP contribution < -0.4 is 15.0 Å². The Bertz CT molecular complexity index is 602. The molecule has 1 heterocycles. The smallest absolute Gasteiger partial charge is 0.411 e. The van der Waals surface area contributed by atoms with Gasteiger partial charge in [-0.2, -0.15) is 0 Å². The van der Waals surface area contributed by atoms with E-state index in [2.05, 4.69) is 12.2 Å². The fourth-order valence-electron chi connectivity index (χ4n) is 4.39. The van der Waals surface area contributed by atoms with Crippen LogP contribution in [0.1, 0.15) is 96.8 Å². The molecule has 0 atom stereocenters. The summed E-state index contributed by atoms with van der Waals surface area (Å²) in [4.78, 5) is 13.7. The van der Waals surface area contributed by atoms with Gasteiger partial charge >= 0.3 is 6.09 Å². The second-order valence-electron chi connectivity index (χ2n) is 9.23. The number of benzene rings is 1. The SMILES string of the molecule is CCCCCCCCCCCCOc1cccc(NC(=O)OCCC[NH+]2CCCCC2)c1. The topological polar surface area (TPSA) is 52.0 Å². The third-order valence-corrected chi connectivity index (χ3v) is 6.32. The van der Waals surface area contributed by atoms with Crippen LogP contribution in [-0.2, 0) is 4.74 Å². The Balaban J connectivity index is 1.48. The van der Waals surface area contributed by atoms with E-state index in [1.54, 1.807) is 4.90 Å². The van der Waals surface area contributed by atoms with Gasteiger partial charge in [0.15, 0.2) is 0 Å². The highest BCUT2D eigenvalue weighted by atomic mass is 16.5. The minimum atomic E-state index is -0.384. The summed E-state index contributed by atoms with van der Waals surface area (Å²) in [6.45, 7) is 7.08. The van der Waals surface area contributed by atoms with Crippen LogP contribution in [0.3, 0.4) is 0 Å². The van der Waals surface area contributed by atoms with Crippen molar-refractivity contribution in [3.8, 4) is 5.75 Å². The molecule has 0 saturated carbocycles. The molecule has 5 heteroatoms. The van der Waals surface area contributed by atoms with Crippen LogP contribution in [-0.4, -0.2) is 38.9 Å². The van der Waals surface area contributed by atoms with Gasteiger partial charge < -0.3 is 14.4 Å². The second-order valence-corrected chi connectivity index (χ2v) is 9.23. The lowest BCUT2D eigenvalue weighted by Crippen LogP contribution is -3.12. The van der Waals surface area contributed by atoms with Crippen LogP contribution in [0.4, 0.5) is 10.5 Å². The van der Waals surface area contributed by atoms with E-state index in [0.717, 1.165) is 37.4 Å². The van der Waals surface area contributed by atoms with E-state index in [4.69, 9.17) is 9.47 Å². The van der Waals surface area contributed by atoms with Gasteiger partial charge in [-0.1, -0.05) is 70.8 Å². The fraction of sp³-hybridized carbons (Fsp3) is 0.741. The number of likely N-dealkylation sites (tertiary alicyclic amines) is 1. The van der Waals surface area contributed by atoms with Crippen LogP contribution >= 0.6 is 0 Å². The van der Waals surface area contributed by atoms with Gasteiger partial charge in [-0.05, 0) is 37.8 Å². The molecule has 0 unspecified atom stereocenters. The number of quaternary nitrogens is 1. The van der Waals surface area contributed by atoms with Crippen LogP contribution in [0.25, 0.3) is 0 Å². The molecular formula is C27H47N2O3+. The first kappa shape index (κ1) is 26.5. The van der Waals surface area contributed by atoms with Crippen molar-refractivity contribution in [2.75, 3.05) is 38.2 Å². The Morgan fingerprint density at radius 2 is 1.56 bits per heavy atom. The number of unbranched alkanes of at least 4 members (excludes halogenated alkanes) is 9. The zero-order chi connectivity index (χ0) is 22.7. The van der Waals surface area contributed by atoms with E-state index in [9.17, 15) is 4.79 Å². The van der Waals surface area contributed by atoms with E-state index >= 15 is 0 Å². The lowest BCUT2D eigenvalue weighted by atomic mass is 10.1. The average Bonchev–Trinajstić information content (AvgIpc) is 2.81. The Kier molecular flexibility index (Phi) is 14.7. The number of carbonyl (C=O) groups excluding carboxylic acids is 1. The van der Waals surface area contributed by atoms with Crippen molar-refractivity contribution in [1.82, 2.24) is 0 Å². The maximum atomic E-state index is 12.1. The molecule has 2 N–H and O–H groups in total. The summed E-state index contributed by atoms with van der Waals surface area (Å²) in [6.07, 6.45) is 17.8. The highest BCUT2D eigenvalue weighted by Gasteiger charge is 2.13. The van der Waals surface area contributed by atoms with E-state index < -0.39 is 0 Å². The first-order chi connectivity index (χ1) is 15.8. The van der Waals surface area contributed by atoms with Gasteiger partial charge in [-0.15, -0.1) is 0 Å². The monoisotopic (exact) mass is 447 g/mol. The van der Waals surface area contributed by atoms with Gasteiger partial charge in [0.25, 0.3) is 0 Å². The van der Waals surface area contributed by atoms with Crippen molar-refractivity contribution < 1.29 is 19.2 Å². The number of hydrogen-bond donors (Lipinski definition) is 2. The summed E-state index contributed by atoms with van der Waals surface area (Å²) in [5.41, 5.74) is 0.720. The minimum absolute atomic E-state index is 0.384. The highest BCUT2D eigenvalue weighted by Crippen LogP contribution is 2.18. The predicted octanol–water partition coefficient (Wildman–Crippen LogP) is 5.99. The lowest BCUT2D eigenvalue weighted by molar-refractivity contribution is -0.905. The molecule has 0 radical (unpaired) electrons. The van der Waals surface area contributed by atoms with Gasteiger partial charge in [0, 0.05) is 18.2 Å². The van der Waals surface area contributed by atoms with Crippen LogP contribution in [0.5, 0.6) is 5.75 Å². The van der Waals surface area contributed by atoms with Gasteiger partial charge in [0.1, 0.15) is 5.75 Å². The molecule has 0 aromatic heterocycles. The molecule has 1 amide bonds. The van der Waals surface area contributed by atoms with E-state index in [1.807, 2.05) is 24.3 Å².